The SMILES string of the molecule is CC[C@H](C)[C@@H](NC(=O)[C@H](CCCN=C(N)N)NC(=O)[C@H](C)NC(=O)[C@H](CCCN=C(N)N)NC(C)=O)C(=O)N[C@@H](CCCN=C(N)N)C(=O)N[C@@H](CCCCN)C(=O)N[C@@H](CCCCN)C(=O)N[C@@H](CCCN=C(N)N)C(=O)N[C@H](C(N)=O)[C@@H](C)O. The first-order valence-corrected chi connectivity index (χ1v) is 28.8. The molecule has 32 N–H and O–H groups in total. The van der Waals surface area contributed by atoms with Crippen LogP contribution in [0.4, 0.5) is 0 Å². The third-order valence-electron chi connectivity index (χ3n) is 13.2. The van der Waals surface area contributed by atoms with Crippen LogP contribution in [0.5, 0.6) is 0 Å². The maximum Gasteiger partial charge on any atom is 0.243 e. The highest BCUT2D eigenvalue weighted by Gasteiger charge is 2.36. The lowest BCUT2D eigenvalue weighted by Gasteiger charge is -2.30. The molecule has 0 aromatic heterocycles. The number of nitrogens with two attached hydrogens (primary N) is 11. The van der Waals surface area contributed by atoms with Gasteiger partial charge in [0.05, 0.1) is 6.10 Å². The highest BCUT2D eigenvalue weighted by atomic mass is 16.3. The summed E-state index contributed by atoms with van der Waals surface area (Å²) in [6, 6.07) is -12.0. The number of hydrogen-bond donors (Lipinski definition) is 21. The van der Waals surface area contributed by atoms with Gasteiger partial charge in [0, 0.05) is 33.1 Å². The van der Waals surface area contributed by atoms with Crippen molar-refractivity contribution in [1.82, 2.24) is 47.9 Å². The van der Waals surface area contributed by atoms with Gasteiger partial charge in [-0.05, 0) is 123 Å². The van der Waals surface area contributed by atoms with Gasteiger partial charge in [-0.15, -0.1) is 0 Å². The van der Waals surface area contributed by atoms with Crippen LogP contribution in [0.15, 0.2) is 20.0 Å². The molecule has 0 aliphatic carbocycles. The third-order valence-corrected chi connectivity index (χ3v) is 13.2. The fraction of sp³-hybridized carbons (Fsp3) is 0.725. The molecule has 0 aromatic rings. The van der Waals surface area contributed by atoms with Crippen molar-refractivity contribution in [2.24, 2.45) is 89.0 Å². The molecule has 0 bridgehead atoms. The van der Waals surface area contributed by atoms with Crippen molar-refractivity contribution >= 4 is 82.9 Å². The Morgan fingerprint density at radius 1 is 0.372 bits per heavy atom. The van der Waals surface area contributed by atoms with E-state index in [0.717, 1.165) is 0 Å². The van der Waals surface area contributed by atoms with Crippen LogP contribution in [0, 0.1) is 5.92 Å². The maximum atomic E-state index is 14.5. The molecule has 0 rings (SSSR count). The number of aliphatic hydroxyl groups is 1. The summed E-state index contributed by atoms with van der Waals surface area (Å²) in [5.74, 6) is -9.63. The summed E-state index contributed by atoms with van der Waals surface area (Å²) in [7, 11) is 0. The lowest BCUT2D eigenvalue weighted by atomic mass is 9.96. The molecule has 0 fully saturated rings. The van der Waals surface area contributed by atoms with Crippen molar-refractivity contribution in [3.05, 3.63) is 0 Å². The zero-order valence-corrected chi connectivity index (χ0v) is 50.4. The number of hydrogen-bond acceptors (Lipinski definition) is 17. The molecule has 0 spiro atoms. The molecule has 0 heterocycles. The van der Waals surface area contributed by atoms with E-state index in [9.17, 15) is 53.1 Å². The van der Waals surface area contributed by atoms with Gasteiger partial charge in [0.25, 0.3) is 0 Å². The minimum Gasteiger partial charge on any atom is -0.391 e. The Balaban J connectivity index is 7.11. The largest absolute Gasteiger partial charge is 0.391 e. The Morgan fingerprint density at radius 2 is 0.651 bits per heavy atom. The number of unbranched alkanes of at least 4 members (excludes halogenated alkanes) is 2. The van der Waals surface area contributed by atoms with E-state index in [2.05, 4.69) is 67.8 Å². The lowest BCUT2D eigenvalue weighted by Crippen LogP contribution is -2.61. The molecular formula is C51H100N24O11. The summed E-state index contributed by atoms with van der Waals surface area (Å²) < 4.78 is 0. The lowest BCUT2D eigenvalue weighted by molar-refractivity contribution is -0.136. The number of primary amides is 1. The average molecular weight is 1230 g/mol. The molecule has 10 amide bonds. The van der Waals surface area contributed by atoms with Crippen LogP contribution in [0.2, 0.25) is 0 Å². The van der Waals surface area contributed by atoms with Gasteiger partial charge in [0.15, 0.2) is 23.8 Å². The second kappa shape index (κ2) is 43.3. The number of carbonyl (C=O) groups is 10. The fourth-order valence-corrected chi connectivity index (χ4v) is 8.25. The summed E-state index contributed by atoms with van der Waals surface area (Å²) in [6.45, 7) is 7.92. The van der Waals surface area contributed by atoms with Gasteiger partial charge in [-0.1, -0.05) is 20.3 Å². The maximum absolute atomic E-state index is 14.5. The monoisotopic (exact) mass is 1220 g/mol. The third kappa shape index (κ3) is 33.8. The predicted octanol–water partition coefficient (Wildman–Crippen LogP) is -8.23. The van der Waals surface area contributed by atoms with Crippen LogP contribution in [0.25, 0.3) is 0 Å². The van der Waals surface area contributed by atoms with Crippen LogP contribution in [-0.4, -0.2) is 188 Å². The molecule has 0 saturated heterocycles. The van der Waals surface area contributed by atoms with E-state index >= 15 is 0 Å². The van der Waals surface area contributed by atoms with Crippen molar-refractivity contribution in [3.63, 3.8) is 0 Å². The molecule has 11 atom stereocenters. The first-order valence-electron chi connectivity index (χ1n) is 28.8. The van der Waals surface area contributed by atoms with Crippen molar-refractivity contribution in [2.45, 2.75) is 191 Å². The standard InChI is InChI=1S/C51H100N24O11/c1-6-27(2)37(74-45(84)35(19-13-25-65-50(59)60)69-40(79)28(3)67-41(80)31(68-30(5)77)17-11-23-63-48(55)56)47(86)73-34(18-12-24-64-49(57)58)44(83)71-32(15-7-9-21-52)42(81)70-33(16-8-10-22-53)43(82)72-36(20-14-26-66-51(61)62)46(85)75-38(29(4)76)39(54)78/h27-29,31-38,76H,6-26,52-53H2,1-5H3,(H2,54,78)(H,67,80)(H,68,77)(H,69,79)(H,70,81)(H,71,83)(H,72,82)(H,73,86)(H,74,84)(H,75,85)(H4,55,56,63)(H4,57,58,64)(H4,59,60,65)(H4,61,62,66)/t27-,28-,29+,31-,32-,33-,34-,35-,36-,37+,38-/m0/s1. The van der Waals surface area contributed by atoms with Gasteiger partial charge in [-0.25, -0.2) is 0 Å². The highest BCUT2D eigenvalue weighted by Crippen LogP contribution is 2.14. The highest BCUT2D eigenvalue weighted by molar-refractivity contribution is 5.98. The van der Waals surface area contributed by atoms with Gasteiger partial charge in [0.2, 0.25) is 59.1 Å². The molecule has 490 valence electrons. The number of amides is 10. The number of guanidine groups is 4. The molecule has 0 aliphatic rings. The molecule has 0 saturated carbocycles. The Hall–Kier alpha value is -8.34. The van der Waals surface area contributed by atoms with Crippen LogP contribution in [0.1, 0.15) is 131 Å². The zero-order chi connectivity index (χ0) is 65.5. The number of nitrogens with zero attached hydrogens (tertiary/aromatic N) is 4. The summed E-state index contributed by atoms with van der Waals surface area (Å²) >= 11 is 0. The van der Waals surface area contributed by atoms with Crippen LogP contribution in [-0.2, 0) is 47.9 Å². The van der Waals surface area contributed by atoms with E-state index in [1.54, 1.807) is 13.8 Å². The van der Waals surface area contributed by atoms with E-state index in [-0.39, 0.29) is 121 Å². The molecule has 35 heteroatoms. The van der Waals surface area contributed by atoms with Gasteiger partial charge >= 0.3 is 0 Å². The topological polar surface area (TPSA) is 635 Å². The number of aliphatic imine (C=N–C) groups is 4. The smallest absolute Gasteiger partial charge is 0.243 e. The number of aliphatic hydroxyl groups excluding tert-OH is 1. The van der Waals surface area contributed by atoms with E-state index in [1.165, 1.54) is 20.8 Å². The van der Waals surface area contributed by atoms with Crippen LogP contribution < -0.4 is 111 Å². The van der Waals surface area contributed by atoms with Crippen LogP contribution >= 0.6 is 0 Å². The Bertz CT molecular complexity index is 2290. The Labute approximate surface area is 502 Å². The molecule has 0 aliphatic heterocycles. The van der Waals surface area contributed by atoms with E-state index in [4.69, 9.17) is 63.1 Å². The Morgan fingerprint density at radius 3 is 0.942 bits per heavy atom. The van der Waals surface area contributed by atoms with Gasteiger partial charge in [-0.2, -0.15) is 0 Å². The second-order valence-corrected chi connectivity index (χ2v) is 20.7. The molecule has 86 heavy (non-hydrogen) atoms. The minimum absolute atomic E-state index is 0.00472. The summed E-state index contributed by atoms with van der Waals surface area (Å²) in [6.07, 6.45) is 0.926. The van der Waals surface area contributed by atoms with Crippen molar-refractivity contribution in [1.29, 1.82) is 0 Å². The van der Waals surface area contributed by atoms with Crippen molar-refractivity contribution in [3.8, 4) is 0 Å². The van der Waals surface area contributed by atoms with Crippen molar-refractivity contribution in [2.75, 3.05) is 39.3 Å². The number of nitrogens with one attached hydrogen (secondary N) is 9. The predicted molar refractivity (Wildman–Crippen MR) is 325 cm³/mol. The normalized spacial score (nSPS) is 14.7. The zero-order valence-electron chi connectivity index (χ0n) is 50.4. The van der Waals surface area contributed by atoms with E-state index < -0.39 is 125 Å². The van der Waals surface area contributed by atoms with Gasteiger partial charge < -0.3 is 116 Å². The van der Waals surface area contributed by atoms with Gasteiger partial charge in [0.1, 0.15) is 54.4 Å². The molecule has 0 aromatic carbocycles. The van der Waals surface area contributed by atoms with Crippen molar-refractivity contribution < 1.29 is 53.1 Å². The van der Waals surface area contributed by atoms with E-state index in [0.29, 0.717) is 38.5 Å². The second-order valence-electron chi connectivity index (χ2n) is 20.7. The Kier molecular flexibility index (Phi) is 39.1. The first kappa shape index (κ1) is 77.7. The van der Waals surface area contributed by atoms with Crippen LogP contribution in [0.3, 0.4) is 0 Å². The number of rotatable bonds is 45. The quantitative estimate of drug-likeness (QED) is 0.0153. The first-order chi connectivity index (χ1) is 40.5. The summed E-state index contributed by atoms with van der Waals surface area (Å²) in [5, 5.41) is 33.6. The molecule has 0 radical (unpaired) electrons. The molecular weight excluding hydrogens is 1120 g/mol. The minimum atomic E-state index is -1.53. The van der Waals surface area contributed by atoms with Gasteiger partial charge in [-0.3, -0.25) is 67.9 Å². The summed E-state index contributed by atoms with van der Waals surface area (Å²) in [5.41, 5.74) is 60.8. The van der Waals surface area contributed by atoms with E-state index in [1.807, 2.05) is 0 Å². The number of carbonyl (C=O) groups excluding carboxylic acids is 10. The molecule has 0 unspecified atom stereocenters. The summed E-state index contributed by atoms with van der Waals surface area (Å²) in [4.78, 5) is 152. The average Bonchev–Trinajstić information content (AvgIpc) is 2.24. The fourth-order valence-electron chi connectivity index (χ4n) is 8.25. The molecule has 35 nitrogen and oxygen atoms in total.